The van der Waals surface area contributed by atoms with Gasteiger partial charge < -0.3 is 10.3 Å². The van der Waals surface area contributed by atoms with Crippen molar-refractivity contribution in [1.29, 1.82) is 0 Å². The summed E-state index contributed by atoms with van der Waals surface area (Å²) in [5.74, 6) is 0.772. The summed E-state index contributed by atoms with van der Waals surface area (Å²) in [4.78, 5) is 3.30. The van der Waals surface area contributed by atoms with Crippen LogP contribution in [0.3, 0.4) is 0 Å². The van der Waals surface area contributed by atoms with Gasteiger partial charge in [-0.1, -0.05) is 32.0 Å². The Kier molecular flexibility index (Phi) is 3.62. The van der Waals surface area contributed by atoms with Crippen LogP contribution in [0.2, 0.25) is 0 Å². The molecule has 16 heavy (non-hydrogen) atoms. The van der Waals surface area contributed by atoms with E-state index >= 15 is 0 Å². The maximum atomic E-state index is 3.49. The zero-order valence-electron chi connectivity index (χ0n) is 10.1. The number of H-pyrrole nitrogens is 1. The Bertz CT molecular complexity index is 443. The first-order valence-electron chi connectivity index (χ1n) is 6.03. The van der Waals surface area contributed by atoms with E-state index in [1.165, 1.54) is 22.9 Å². The van der Waals surface area contributed by atoms with Gasteiger partial charge in [0.15, 0.2) is 0 Å². The summed E-state index contributed by atoms with van der Waals surface area (Å²) < 4.78 is 0. The van der Waals surface area contributed by atoms with Crippen molar-refractivity contribution in [2.45, 2.75) is 26.8 Å². The quantitative estimate of drug-likeness (QED) is 0.737. The summed E-state index contributed by atoms with van der Waals surface area (Å²) >= 11 is 0. The Morgan fingerprint density at radius 3 is 2.94 bits per heavy atom. The molecule has 1 heterocycles. The number of hydrogen-bond donors (Lipinski definition) is 2. The van der Waals surface area contributed by atoms with Crippen LogP contribution in [0.1, 0.15) is 25.8 Å². The van der Waals surface area contributed by atoms with Crippen LogP contribution in [0, 0.1) is 5.92 Å². The van der Waals surface area contributed by atoms with Crippen LogP contribution in [0.5, 0.6) is 0 Å². The van der Waals surface area contributed by atoms with Gasteiger partial charge in [-0.2, -0.15) is 0 Å². The molecule has 1 aromatic heterocycles. The van der Waals surface area contributed by atoms with Crippen molar-refractivity contribution in [1.82, 2.24) is 10.3 Å². The lowest BCUT2D eigenvalue weighted by atomic mass is 10.1. The fraction of sp³-hybridized carbons (Fsp3) is 0.429. The summed E-state index contributed by atoms with van der Waals surface area (Å²) in [5, 5.41) is 4.79. The molecule has 0 radical (unpaired) electrons. The number of benzene rings is 1. The molecule has 0 atom stereocenters. The summed E-state index contributed by atoms with van der Waals surface area (Å²) in [6.45, 7) is 6.56. The fourth-order valence-corrected chi connectivity index (χ4v) is 1.91. The van der Waals surface area contributed by atoms with E-state index in [9.17, 15) is 0 Å². The summed E-state index contributed by atoms with van der Waals surface area (Å²) in [6, 6.07) is 8.56. The number of para-hydroxylation sites is 1. The van der Waals surface area contributed by atoms with E-state index in [-0.39, 0.29) is 0 Å². The van der Waals surface area contributed by atoms with Crippen molar-refractivity contribution in [3.63, 3.8) is 0 Å². The Morgan fingerprint density at radius 2 is 2.12 bits per heavy atom. The van der Waals surface area contributed by atoms with Crippen molar-refractivity contribution < 1.29 is 0 Å². The van der Waals surface area contributed by atoms with E-state index in [2.05, 4.69) is 48.4 Å². The van der Waals surface area contributed by atoms with Crippen LogP contribution >= 0.6 is 0 Å². The molecule has 2 nitrogen and oxygen atoms in total. The predicted octanol–water partition coefficient (Wildman–Crippen LogP) is 3.30. The molecule has 0 fully saturated rings. The topological polar surface area (TPSA) is 27.8 Å². The van der Waals surface area contributed by atoms with Gasteiger partial charge in [-0.05, 0) is 35.9 Å². The smallest absolute Gasteiger partial charge is 0.0499 e. The molecule has 0 spiro atoms. The van der Waals surface area contributed by atoms with Gasteiger partial charge in [0.2, 0.25) is 0 Å². The van der Waals surface area contributed by atoms with Gasteiger partial charge in [0.1, 0.15) is 0 Å². The second kappa shape index (κ2) is 5.17. The monoisotopic (exact) mass is 216 g/mol. The van der Waals surface area contributed by atoms with Gasteiger partial charge in [0, 0.05) is 18.3 Å². The first-order chi connectivity index (χ1) is 7.77. The van der Waals surface area contributed by atoms with Gasteiger partial charge in [-0.15, -0.1) is 0 Å². The lowest BCUT2D eigenvalue weighted by Gasteiger charge is -2.07. The number of hydrogen-bond acceptors (Lipinski definition) is 1. The Hall–Kier alpha value is -1.28. The SMILES string of the molecule is CC(C)CCNCc1cccc2cc[nH]c12. The maximum absolute atomic E-state index is 3.49. The molecule has 2 N–H and O–H groups in total. The largest absolute Gasteiger partial charge is 0.361 e. The molecule has 1 aromatic carbocycles. The van der Waals surface area contributed by atoms with E-state index in [4.69, 9.17) is 0 Å². The molecule has 0 saturated heterocycles. The second-order valence-corrected chi connectivity index (χ2v) is 4.72. The normalized spacial score (nSPS) is 11.4. The second-order valence-electron chi connectivity index (χ2n) is 4.72. The van der Waals surface area contributed by atoms with Crippen LogP contribution in [-0.4, -0.2) is 11.5 Å². The van der Waals surface area contributed by atoms with Crippen molar-refractivity contribution in [3.05, 3.63) is 36.0 Å². The van der Waals surface area contributed by atoms with E-state index in [0.717, 1.165) is 19.0 Å². The molecule has 0 aliphatic carbocycles. The Balaban J connectivity index is 1.96. The van der Waals surface area contributed by atoms with Crippen LogP contribution in [-0.2, 0) is 6.54 Å². The molecule has 0 aliphatic rings. The van der Waals surface area contributed by atoms with Crippen molar-refractivity contribution in [2.24, 2.45) is 5.92 Å². The van der Waals surface area contributed by atoms with Crippen LogP contribution < -0.4 is 5.32 Å². The lowest BCUT2D eigenvalue weighted by Crippen LogP contribution is -2.16. The van der Waals surface area contributed by atoms with Gasteiger partial charge in [0.05, 0.1) is 0 Å². The predicted molar refractivity (Wildman–Crippen MR) is 69.5 cm³/mol. The van der Waals surface area contributed by atoms with Gasteiger partial charge >= 0.3 is 0 Å². The van der Waals surface area contributed by atoms with E-state index in [1.807, 2.05) is 6.20 Å². The van der Waals surface area contributed by atoms with Crippen LogP contribution in [0.15, 0.2) is 30.5 Å². The first kappa shape index (κ1) is 11.2. The molecule has 2 heteroatoms. The summed E-state index contributed by atoms with van der Waals surface area (Å²) in [6.07, 6.45) is 3.24. The third-order valence-electron chi connectivity index (χ3n) is 2.89. The van der Waals surface area contributed by atoms with Gasteiger partial charge in [0.25, 0.3) is 0 Å². The average molecular weight is 216 g/mol. The van der Waals surface area contributed by atoms with Crippen molar-refractivity contribution >= 4 is 10.9 Å². The molecule has 2 aromatic rings. The third kappa shape index (κ3) is 2.64. The number of aromatic amines is 1. The molecule has 0 unspecified atom stereocenters. The fourth-order valence-electron chi connectivity index (χ4n) is 1.91. The highest BCUT2D eigenvalue weighted by molar-refractivity contribution is 5.82. The van der Waals surface area contributed by atoms with Crippen molar-refractivity contribution in [2.75, 3.05) is 6.54 Å². The van der Waals surface area contributed by atoms with Gasteiger partial charge in [-0.3, -0.25) is 0 Å². The molecule has 2 rings (SSSR count). The summed E-state index contributed by atoms with van der Waals surface area (Å²) in [5.41, 5.74) is 2.62. The molecule has 0 aliphatic heterocycles. The van der Waals surface area contributed by atoms with E-state index < -0.39 is 0 Å². The standard InChI is InChI=1S/C14H20N2/c1-11(2)6-8-15-10-13-5-3-4-12-7-9-16-14(12)13/h3-5,7,9,11,15-16H,6,8,10H2,1-2H3. The highest BCUT2D eigenvalue weighted by Crippen LogP contribution is 2.16. The molecule has 0 amide bonds. The summed E-state index contributed by atoms with van der Waals surface area (Å²) in [7, 11) is 0. The molecular weight excluding hydrogens is 196 g/mol. The van der Waals surface area contributed by atoms with E-state index in [0.29, 0.717) is 0 Å². The molecule has 86 valence electrons. The Morgan fingerprint density at radius 1 is 1.25 bits per heavy atom. The molecule has 0 bridgehead atoms. The Labute approximate surface area is 97.1 Å². The highest BCUT2D eigenvalue weighted by atomic mass is 14.9. The maximum Gasteiger partial charge on any atom is 0.0499 e. The van der Waals surface area contributed by atoms with Gasteiger partial charge in [-0.25, -0.2) is 0 Å². The number of fused-ring (bicyclic) bond motifs is 1. The number of aromatic nitrogens is 1. The zero-order valence-corrected chi connectivity index (χ0v) is 10.1. The van der Waals surface area contributed by atoms with Crippen molar-refractivity contribution in [3.8, 4) is 0 Å². The minimum absolute atomic E-state index is 0.772. The number of rotatable bonds is 5. The zero-order chi connectivity index (χ0) is 11.4. The highest BCUT2D eigenvalue weighted by Gasteiger charge is 2.01. The minimum atomic E-state index is 0.772. The van der Waals surface area contributed by atoms with Crippen LogP contribution in [0.4, 0.5) is 0 Å². The molecule has 0 saturated carbocycles. The van der Waals surface area contributed by atoms with Crippen LogP contribution in [0.25, 0.3) is 10.9 Å². The molecular formula is C14H20N2. The lowest BCUT2D eigenvalue weighted by molar-refractivity contribution is 0.538. The van der Waals surface area contributed by atoms with E-state index in [1.54, 1.807) is 0 Å². The number of nitrogens with one attached hydrogen (secondary N) is 2. The third-order valence-corrected chi connectivity index (χ3v) is 2.89. The average Bonchev–Trinajstić information content (AvgIpc) is 2.72. The first-order valence-corrected chi connectivity index (χ1v) is 6.03. The minimum Gasteiger partial charge on any atom is -0.361 e.